The normalized spacial score (nSPS) is 10.3. The highest BCUT2D eigenvalue weighted by Gasteiger charge is 2.11. The first kappa shape index (κ1) is 12.4. The molecule has 2 aromatic rings. The van der Waals surface area contributed by atoms with Crippen LogP contribution in [0.1, 0.15) is 22.1 Å². The number of anilines is 1. The summed E-state index contributed by atoms with van der Waals surface area (Å²) in [4.78, 5) is 15.0. The second-order valence-corrected chi connectivity index (χ2v) is 4.02. The zero-order valence-corrected chi connectivity index (χ0v) is 10.2. The Labute approximate surface area is 108 Å². The molecule has 0 radical (unpaired) electrons. The molecule has 1 aromatic carbocycles. The maximum atomic E-state index is 11.0. The Kier molecular flexibility index (Phi) is 3.47. The number of carboxylic acid groups (broad SMARTS) is 1. The van der Waals surface area contributed by atoms with Gasteiger partial charge in [0.05, 0.1) is 17.8 Å². The molecule has 94 valence electrons. The van der Waals surface area contributed by atoms with E-state index in [1.807, 2.05) is 0 Å². The molecule has 18 heavy (non-hydrogen) atoms. The minimum absolute atomic E-state index is 0.135. The number of aryl methyl sites for hydroxylation is 1. The molecule has 6 nitrogen and oxygen atoms in total. The van der Waals surface area contributed by atoms with Crippen LogP contribution < -0.4 is 5.32 Å². The number of carbonyl (C=O) groups is 1. The summed E-state index contributed by atoms with van der Waals surface area (Å²) in [6.07, 6.45) is 0. The number of aromatic carboxylic acids is 1. The predicted octanol–water partition coefficient (Wildman–Crippen LogP) is 2.34. The fourth-order valence-electron chi connectivity index (χ4n) is 1.43. The van der Waals surface area contributed by atoms with Gasteiger partial charge < -0.3 is 14.9 Å². The highest BCUT2D eigenvalue weighted by Crippen LogP contribution is 2.21. The molecule has 2 rings (SSSR count). The van der Waals surface area contributed by atoms with Crippen molar-refractivity contribution in [2.75, 3.05) is 5.32 Å². The van der Waals surface area contributed by atoms with E-state index in [9.17, 15) is 4.79 Å². The average molecular weight is 268 g/mol. The van der Waals surface area contributed by atoms with Crippen LogP contribution in [-0.2, 0) is 6.54 Å². The minimum Gasteiger partial charge on any atom is -0.478 e. The van der Waals surface area contributed by atoms with Crippen molar-refractivity contribution in [3.05, 3.63) is 40.5 Å². The second kappa shape index (κ2) is 5.05. The van der Waals surface area contributed by atoms with Gasteiger partial charge in [0, 0.05) is 5.02 Å². The van der Waals surface area contributed by atoms with Gasteiger partial charge in [-0.25, -0.2) is 4.79 Å². The number of carboxylic acids is 1. The molecule has 0 saturated heterocycles. The first-order valence-corrected chi connectivity index (χ1v) is 5.50. The van der Waals surface area contributed by atoms with E-state index in [4.69, 9.17) is 21.2 Å². The first-order valence-electron chi connectivity index (χ1n) is 5.12. The summed E-state index contributed by atoms with van der Waals surface area (Å²) in [5.41, 5.74) is 0.543. The number of rotatable bonds is 4. The SMILES string of the molecule is Cc1noc(CNc2cc(Cl)ccc2C(=O)O)n1. The molecule has 2 N–H and O–H groups in total. The van der Waals surface area contributed by atoms with Crippen molar-refractivity contribution in [1.29, 1.82) is 0 Å². The molecule has 1 heterocycles. The Hall–Kier alpha value is -2.08. The topological polar surface area (TPSA) is 88.2 Å². The fraction of sp³-hybridized carbons (Fsp3) is 0.182. The van der Waals surface area contributed by atoms with E-state index in [2.05, 4.69) is 15.5 Å². The molecule has 0 fully saturated rings. The summed E-state index contributed by atoms with van der Waals surface area (Å²) < 4.78 is 4.91. The van der Waals surface area contributed by atoms with Crippen LogP contribution in [0.25, 0.3) is 0 Å². The number of nitrogens with zero attached hydrogens (tertiary/aromatic N) is 2. The summed E-state index contributed by atoms with van der Waals surface area (Å²) in [6.45, 7) is 1.94. The number of hydrogen-bond acceptors (Lipinski definition) is 5. The van der Waals surface area contributed by atoms with E-state index < -0.39 is 5.97 Å². The largest absolute Gasteiger partial charge is 0.478 e. The molecule has 0 aliphatic rings. The van der Waals surface area contributed by atoms with Gasteiger partial charge in [-0.15, -0.1) is 0 Å². The zero-order chi connectivity index (χ0) is 13.1. The van der Waals surface area contributed by atoms with E-state index in [0.29, 0.717) is 22.4 Å². The van der Waals surface area contributed by atoms with E-state index in [1.54, 1.807) is 6.92 Å². The fourth-order valence-corrected chi connectivity index (χ4v) is 1.60. The standard InChI is InChI=1S/C11H10ClN3O3/c1-6-14-10(18-15-6)5-13-9-4-7(12)2-3-8(9)11(16)17/h2-4,13H,5H2,1H3,(H,16,17). The van der Waals surface area contributed by atoms with Crippen LogP contribution >= 0.6 is 11.6 Å². The van der Waals surface area contributed by atoms with Gasteiger partial charge in [0.15, 0.2) is 5.82 Å². The quantitative estimate of drug-likeness (QED) is 0.884. The third-order valence-electron chi connectivity index (χ3n) is 2.21. The lowest BCUT2D eigenvalue weighted by Gasteiger charge is -2.07. The number of benzene rings is 1. The Bertz CT molecular complexity index is 583. The molecule has 0 aliphatic heterocycles. The molecule has 0 spiro atoms. The number of halogens is 1. The monoisotopic (exact) mass is 267 g/mol. The van der Waals surface area contributed by atoms with Crippen molar-refractivity contribution in [3.8, 4) is 0 Å². The number of aromatic nitrogens is 2. The Morgan fingerprint density at radius 2 is 2.33 bits per heavy atom. The van der Waals surface area contributed by atoms with Gasteiger partial charge >= 0.3 is 5.97 Å². The van der Waals surface area contributed by atoms with Crippen LogP contribution in [-0.4, -0.2) is 21.2 Å². The maximum absolute atomic E-state index is 11.0. The lowest BCUT2D eigenvalue weighted by Crippen LogP contribution is -2.06. The first-order chi connectivity index (χ1) is 8.56. The predicted molar refractivity (Wildman–Crippen MR) is 64.8 cm³/mol. The maximum Gasteiger partial charge on any atom is 0.337 e. The second-order valence-electron chi connectivity index (χ2n) is 3.58. The van der Waals surface area contributed by atoms with Crippen LogP contribution in [0.15, 0.2) is 22.7 Å². The molecular weight excluding hydrogens is 258 g/mol. The average Bonchev–Trinajstić information content (AvgIpc) is 2.72. The molecule has 0 saturated carbocycles. The highest BCUT2D eigenvalue weighted by atomic mass is 35.5. The van der Waals surface area contributed by atoms with Crippen LogP contribution in [0.4, 0.5) is 5.69 Å². The number of hydrogen-bond donors (Lipinski definition) is 2. The smallest absolute Gasteiger partial charge is 0.337 e. The number of nitrogens with one attached hydrogen (secondary N) is 1. The molecule has 0 atom stereocenters. The third-order valence-corrected chi connectivity index (χ3v) is 2.45. The van der Waals surface area contributed by atoms with Crippen molar-refractivity contribution in [2.45, 2.75) is 13.5 Å². The van der Waals surface area contributed by atoms with Gasteiger partial charge in [0.1, 0.15) is 0 Å². The van der Waals surface area contributed by atoms with Crippen LogP contribution in [0.3, 0.4) is 0 Å². The Morgan fingerprint density at radius 3 is 2.94 bits per heavy atom. The molecule has 0 amide bonds. The van der Waals surface area contributed by atoms with Crippen molar-refractivity contribution in [1.82, 2.24) is 10.1 Å². The summed E-state index contributed by atoms with van der Waals surface area (Å²) in [5.74, 6) is -0.129. The van der Waals surface area contributed by atoms with Gasteiger partial charge in [0.25, 0.3) is 0 Å². The summed E-state index contributed by atoms with van der Waals surface area (Å²) >= 11 is 5.82. The van der Waals surface area contributed by atoms with Crippen molar-refractivity contribution < 1.29 is 14.4 Å². The third kappa shape index (κ3) is 2.78. The van der Waals surface area contributed by atoms with Gasteiger partial charge in [-0.1, -0.05) is 16.8 Å². The van der Waals surface area contributed by atoms with Gasteiger partial charge in [-0.05, 0) is 25.1 Å². The molecule has 7 heteroatoms. The summed E-state index contributed by atoms with van der Waals surface area (Å²) in [7, 11) is 0. The van der Waals surface area contributed by atoms with Crippen LogP contribution in [0.2, 0.25) is 5.02 Å². The zero-order valence-electron chi connectivity index (χ0n) is 9.48. The van der Waals surface area contributed by atoms with E-state index in [1.165, 1.54) is 18.2 Å². The lowest BCUT2D eigenvalue weighted by molar-refractivity contribution is 0.0698. The lowest BCUT2D eigenvalue weighted by atomic mass is 10.2. The van der Waals surface area contributed by atoms with E-state index >= 15 is 0 Å². The van der Waals surface area contributed by atoms with Gasteiger partial charge in [-0.2, -0.15) is 4.98 Å². The van der Waals surface area contributed by atoms with Crippen molar-refractivity contribution >= 4 is 23.3 Å². The van der Waals surface area contributed by atoms with Crippen molar-refractivity contribution in [3.63, 3.8) is 0 Å². The Morgan fingerprint density at radius 1 is 1.56 bits per heavy atom. The van der Waals surface area contributed by atoms with Crippen LogP contribution in [0, 0.1) is 6.92 Å². The highest BCUT2D eigenvalue weighted by molar-refractivity contribution is 6.31. The Balaban J connectivity index is 2.17. The molecule has 0 unspecified atom stereocenters. The van der Waals surface area contributed by atoms with Gasteiger partial charge in [0.2, 0.25) is 5.89 Å². The summed E-state index contributed by atoms with van der Waals surface area (Å²) in [5, 5.41) is 16.0. The van der Waals surface area contributed by atoms with E-state index in [0.717, 1.165) is 0 Å². The summed E-state index contributed by atoms with van der Waals surface area (Å²) in [6, 6.07) is 4.49. The van der Waals surface area contributed by atoms with Crippen LogP contribution in [0.5, 0.6) is 0 Å². The minimum atomic E-state index is -1.03. The molecule has 0 aliphatic carbocycles. The molecular formula is C11H10ClN3O3. The van der Waals surface area contributed by atoms with E-state index in [-0.39, 0.29) is 12.1 Å². The molecule has 0 bridgehead atoms. The van der Waals surface area contributed by atoms with Crippen molar-refractivity contribution in [2.24, 2.45) is 0 Å². The van der Waals surface area contributed by atoms with Gasteiger partial charge in [-0.3, -0.25) is 0 Å². The molecule has 1 aromatic heterocycles.